The molecule has 1 aromatic heterocycles. The third kappa shape index (κ3) is 4.88. The Labute approximate surface area is 154 Å². The van der Waals surface area contributed by atoms with Gasteiger partial charge in [-0.05, 0) is 54.7 Å². The Morgan fingerprint density at radius 3 is 2.54 bits per heavy atom. The molecule has 0 bridgehead atoms. The number of nitrogens with one attached hydrogen (secondary N) is 2. The van der Waals surface area contributed by atoms with Crippen LogP contribution in [0.1, 0.15) is 25.3 Å². The number of amides is 2. The fraction of sp³-hybridized carbons (Fsp3) is 0.400. The lowest BCUT2D eigenvalue weighted by molar-refractivity contribution is 0.251. The number of nitrogens with zero attached hydrogens (tertiary/aromatic N) is 2. The number of urea groups is 1. The fourth-order valence-electron chi connectivity index (χ4n) is 2.98. The van der Waals surface area contributed by atoms with Crippen molar-refractivity contribution < 1.29 is 9.53 Å². The minimum absolute atomic E-state index is 0.246. The molecule has 1 fully saturated rings. The largest absolute Gasteiger partial charge is 0.497 e. The van der Waals surface area contributed by atoms with Crippen molar-refractivity contribution in [1.29, 1.82) is 0 Å². The fourth-order valence-corrected chi connectivity index (χ4v) is 2.98. The van der Waals surface area contributed by atoms with Gasteiger partial charge in [0, 0.05) is 31.5 Å². The third-order valence-corrected chi connectivity index (χ3v) is 4.72. The average molecular weight is 354 g/mol. The summed E-state index contributed by atoms with van der Waals surface area (Å²) in [4.78, 5) is 18.9. The summed E-state index contributed by atoms with van der Waals surface area (Å²) in [6.07, 6.45) is 4.27. The number of carbonyl (C=O) groups excluding carboxylic acids is 1. The number of anilines is 2. The van der Waals surface area contributed by atoms with Gasteiger partial charge in [-0.1, -0.05) is 13.0 Å². The van der Waals surface area contributed by atoms with Crippen LogP contribution in [0.3, 0.4) is 0 Å². The van der Waals surface area contributed by atoms with Gasteiger partial charge in [-0.15, -0.1) is 0 Å². The van der Waals surface area contributed by atoms with Gasteiger partial charge in [0.05, 0.1) is 7.11 Å². The van der Waals surface area contributed by atoms with Crippen LogP contribution < -0.4 is 20.3 Å². The van der Waals surface area contributed by atoms with E-state index < -0.39 is 0 Å². The van der Waals surface area contributed by atoms with E-state index in [0.717, 1.165) is 41.8 Å². The molecular weight excluding hydrogens is 328 g/mol. The maximum Gasteiger partial charge on any atom is 0.319 e. The van der Waals surface area contributed by atoms with Crippen molar-refractivity contribution in [3.8, 4) is 5.75 Å². The lowest BCUT2D eigenvalue weighted by Gasteiger charge is -2.31. The molecule has 0 saturated carbocycles. The van der Waals surface area contributed by atoms with E-state index in [0.29, 0.717) is 6.54 Å². The maximum absolute atomic E-state index is 12.0. The molecule has 138 valence electrons. The minimum Gasteiger partial charge on any atom is -0.497 e. The van der Waals surface area contributed by atoms with Crippen LogP contribution in [0.4, 0.5) is 16.3 Å². The highest BCUT2D eigenvalue weighted by Gasteiger charge is 2.16. The van der Waals surface area contributed by atoms with E-state index in [1.807, 2.05) is 18.3 Å². The molecule has 1 saturated heterocycles. The molecule has 0 atom stereocenters. The zero-order valence-corrected chi connectivity index (χ0v) is 15.4. The Morgan fingerprint density at radius 2 is 1.92 bits per heavy atom. The summed E-state index contributed by atoms with van der Waals surface area (Å²) >= 11 is 0. The first-order chi connectivity index (χ1) is 12.6. The van der Waals surface area contributed by atoms with E-state index in [9.17, 15) is 4.79 Å². The van der Waals surface area contributed by atoms with Crippen molar-refractivity contribution in [1.82, 2.24) is 10.3 Å². The molecule has 3 rings (SSSR count). The van der Waals surface area contributed by atoms with Crippen LogP contribution in [0.15, 0.2) is 42.6 Å². The molecule has 0 aliphatic carbocycles. The van der Waals surface area contributed by atoms with Crippen molar-refractivity contribution in [2.75, 3.05) is 30.4 Å². The normalized spacial score (nSPS) is 14.8. The lowest BCUT2D eigenvalue weighted by atomic mass is 9.99. The van der Waals surface area contributed by atoms with Crippen LogP contribution in [-0.2, 0) is 6.54 Å². The highest BCUT2D eigenvalue weighted by Crippen LogP contribution is 2.21. The summed E-state index contributed by atoms with van der Waals surface area (Å²) in [6.45, 7) is 4.87. The van der Waals surface area contributed by atoms with E-state index in [4.69, 9.17) is 4.74 Å². The van der Waals surface area contributed by atoms with Gasteiger partial charge in [0.1, 0.15) is 11.6 Å². The van der Waals surface area contributed by atoms with Crippen LogP contribution in [0.25, 0.3) is 0 Å². The number of ether oxygens (including phenoxy) is 1. The summed E-state index contributed by atoms with van der Waals surface area (Å²) < 4.78 is 5.10. The van der Waals surface area contributed by atoms with Gasteiger partial charge in [-0.3, -0.25) is 0 Å². The first-order valence-electron chi connectivity index (χ1n) is 9.03. The molecule has 1 aromatic carbocycles. The first-order valence-corrected chi connectivity index (χ1v) is 9.03. The van der Waals surface area contributed by atoms with E-state index >= 15 is 0 Å². The number of hydrogen-bond donors (Lipinski definition) is 2. The van der Waals surface area contributed by atoms with Crippen molar-refractivity contribution in [3.63, 3.8) is 0 Å². The van der Waals surface area contributed by atoms with E-state index in [-0.39, 0.29) is 6.03 Å². The smallest absolute Gasteiger partial charge is 0.319 e. The summed E-state index contributed by atoms with van der Waals surface area (Å²) in [5.41, 5.74) is 1.69. The Morgan fingerprint density at radius 1 is 1.19 bits per heavy atom. The Hall–Kier alpha value is -2.76. The van der Waals surface area contributed by atoms with E-state index in [2.05, 4.69) is 27.4 Å². The second-order valence-electron chi connectivity index (χ2n) is 6.73. The predicted molar refractivity (Wildman–Crippen MR) is 104 cm³/mol. The Bertz CT molecular complexity index is 708. The highest BCUT2D eigenvalue weighted by atomic mass is 16.5. The molecule has 0 radical (unpaired) electrons. The Kier molecular flexibility index (Phi) is 5.94. The van der Waals surface area contributed by atoms with Gasteiger partial charge in [0.15, 0.2) is 0 Å². The van der Waals surface area contributed by atoms with Gasteiger partial charge in [-0.2, -0.15) is 0 Å². The number of benzene rings is 1. The van der Waals surface area contributed by atoms with Gasteiger partial charge < -0.3 is 20.3 Å². The number of methoxy groups -OCH3 is 1. The standard InChI is InChI=1S/C20H26N4O2/c1-15-9-11-24(12-10-15)19-8-3-16(13-21-19)14-22-20(25)23-17-4-6-18(26-2)7-5-17/h3-8,13,15H,9-12,14H2,1-2H3,(H2,22,23,25). The topological polar surface area (TPSA) is 66.5 Å². The second-order valence-corrected chi connectivity index (χ2v) is 6.73. The quantitative estimate of drug-likeness (QED) is 0.860. The molecule has 2 amide bonds. The summed E-state index contributed by atoms with van der Waals surface area (Å²) in [5.74, 6) is 2.58. The predicted octanol–water partition coefficient (Wildman–Crippen LogP) is 3.65. The monoisotopic (exact) mass is 354 g/mol. The Balaban J connectivity index is 1.47. The van der Waals surface area contributed by atoms with Gasteiger partial charge in [-0.25, -0.2) is 9.78 Å². The zero-order chi connectivity index (χ0) is 18.4. The van der Waals surface area contributed by atoms with Crippen molar-refractivity contribution in [2.45, 2.75) is 26.3 Å². The molecule has 2 aromatic rings. The van der Waals surface area contributed by atoms with Crippen molar-refractivity contribution in [2.24, 2.45) is 5.92 Å². The van der Waals surface area contributed by atoms with Gasteiger partial charge >= 0.3 is 6.03 Å². The third-order valence-electron chi connectivity index (χ3n) is 4.72. The molecule has 1 aliphatic rings. The molecule has 6 nitrogen and oxygen atoms in total. The van der Waals surface area contributed by atoms with E-state index in [1.54, 1.807) is 31.4 Å². The molecule has 2 N–H and O–H groups in total. The van der Waals surface area contributed by atoms with Crippen LogP contribution >= 0.6 is 0 Å². The molecule has 2 heterocycles. The summed E-state index contributed by atoms with van der Waals surface area (Å²) in [6, 6.07) is 11.0. The molecule has 0 unspecified atom stereocenters. The maximum atomic E-state index is 12.0. The summed E-state index contributed by atoms with van der Waals surface area (Å²) in [7, 11) is 1.61. The number of pyridine rings is 1. The zero-order valence-electron chi connectivity index (χ0n) is 15.4. The van der Waals surface area contributed by atoms with E-state index in [1.165, 1.54) is 12.8 Å². The molecule has 0 spiro atoms. The average Bonchev–Trinajstić information content (AvgIpc) is 2.68. The number of aromatic nitrogens is 1. The van der Waals surface area contributed by atoms with Crippen LogP contribution in [0, 0.1) is 5.92 Å². The van der Waals surface area contributed by atoms with Gasteiger partial charge in [0.25, 0.3) is 0 Å². The number of hydrogen-bond acceptors (Lipinski definition) is 4. The van der Waals surface area contributed by atoms with Crippen LogP contribution in [-0.4, -0.2) is 31.2 Å². The molecule has 6 heteroatoms. The SMILES string of the molecule is COc1ccc(NC(=O)NCc2ccc(N3CCC(C)CC3)nc2)cc1. The lowest BCUT2D eigenvalue weighted by Crippen LogP contribution is -2.33. The second kappa shape index (κ2) is 8.56. The van der Waals surface area contributed by atoms with Crippen LogP contribution in [0.5, 0.6) is 5.75 Å². The number of piperidine rings is 1. The van der Waals surface area contributed by atoms with Crippen molar-refractivity contribution >= 4 is 17.5 Å². The first kappa shape index (κ1) is 18.0. The highest BCUT2D eigenvalue weighted by molar-refractivity contribution is 5.89. The number of carbonyl (C=O) groups is 1. The van der Waals surface area contributed by atoms with Crippen LogP contribution in [0.2, 0.25) is 0 Å². The molecular formula is C20H26N4O2. The van der Waals surface area contributed by atoms with Gasteiger partial charge in [0.2, 0.25) is 0 Å². The molecule has 26 heavy (non-hydrogen) atoms. The summed E-state index contributed by atoms with van der Waals surface area (Å²) in [5, 5.41) is 5.64. The minimum atomic E-state index is -0.246. The number of rotatable bonds is 5. The van der Waals surface area contributed by atoms with Crippen molar-refractivity contribution in [3.05, 3.63) is 48.2 Å². The molecule has 1 aliphatic heterocycles.